The molecule has 0 saturated heterocycles. The number of ether oxygens (including phenoxy) is 1. The molecular formula is C23H16N5O3+. The van der Waals surface area contributed by atoms with E-state index in [4.69, 9.17) is 16.2 Å². The van der Waals surface area contributed by atoms with Gasteiger partial charge in [0.1, 0.15) is 11.8 Å². The highest BCUT2D eigenvalue weighted by Crippen LogP contribution is 2.51. The number of anilines is 2. The van der Waals surface area contributed by atoms with E-state index in [0.29, 0.717) is 22.8 Å². The molecule has 3 aromatic carbocycles. The molecule has 150 valence electrons. The normalized spacial score (nSPS) is 14.2. The molecule has 4 aromatic rings. The number of nitrogens with zero attached hydrogens (tertiary/aromatic N) is 2. The SMILES string of the molecule is N#Cc1c(N)[nH+]c2c(c1N)[C@H](c1cccc([N+](=O)[O-])c1)c1ccc3ccccc3c1O2. The molecule has 2 heterocycles. The van der Waals surface area contributed by atoms with Gasteiger partial charge in [-0.05, 0) is 10.9 Å². The molecule has 5 N–H and O–H groups in total. The summed E-state index contributed by atoms with van der Waals surface area (Å²) in [6.07, 6.45) is 0. The van der Waals surface area contributed by atoms with Gasteiger partial charge in [-0.1, -0.05) is 48.5 Å². The van der Waals surface area contributed by atoms with Crippen molar-refractivity contribution >= 4 is 28.0 Å². The summed E-state index contributed by atoms with van der Waals surface area (Å²) in [7, 11) is 0. The number of nitriles is 1. The molecule has 0 bridgehead atoms. The number of hydrogen-bond donors (Lipinski definition) is 2. The van der Waals surface area contributed by atoms with Gasteiger partial charge in [0.25, 0.3) is 17.4 Å². The van der Waals surface area contributed by atoms with Crippen LogP contribution in [0.4, 0.5) is 17.2 Å². The minimum Gasteiger partial charge on any atom is -0.422 e. The number of benzene rings is 3. The van der Waals surface area contributed by atoms with Crippen LogP contribution in [0.15, 0.2) is 60.7 Å². The molecule has 31 heavy (non-hydrogen) atoms. The number of nitrogens with two attached hydrogens (primary N) is 2. The van der Waals surface area contributed by atoms with E-state index < -0.39 is 10.8 Å². The fourth-order valence-electron chi connectivity index (χ4n) is 4.16. The van der Waals surface area contributed by atoms with E-state index >= 15 is 0 Å². The second-order valence-corrected chi connectivity index (χ2v) is 7.27. The van der Waals surface area contributed by atoms with Crippen LogP contribution in [-0.2, 0) is 0 Å². The summed E-state index contributed by atoms with van der Waals surface area (Å²) >= 11 is 0. The van der Waals surface area contributed by atoms with Crippen LogP contribution in [0.3, 0.4) is 0 Å². The van der Waals surface area contributed by atoms with Gasteiger partial charge >= 0.3 is 0 Å². The zero-order chi connectivity index (χ0) is 21.7. The maximum absolute atomic E-state index is 11.4. The van der Waals surface area contributed by atoms with Gasteiger partial charge in [0.05, 0.1) is 16.2 Å². The summed E-state index contributed by atoms with van der Waals surface area (Å²) in [5.41, 5.74) is 14.6. The lowest BCUT2D eigenvalue weighted by molar-refractivity contribution is -0.385. The number of hydrogen-bond acceptors (Lipinski definition) is 6. The van der Waals surface area contributed by atoms with Crippen LogP contribution in [-0.4, -0.2) is 4.92 Å². The van der Waals surface area contributed by atoms with Crippen LogP contribution < -0.4 is 21.2 Å². The lowest BCUT2D eigenvalue weighted by Gasteiger charge is -2.29. The smallest absolute Gasteiger partial charge is 0.294 e. The molecule has 0 unspecified atom stereocenters. The number of aromatic amines is 1. The maximum atomic E-state index is 11.4. The van der Waals surface area contributed by atoms with Crippen molar-refractivity contribution in [2.75, 3.05) is 11.5 Å². The number of rotatable bonds is 2. The molecule has 1 atom stereocenters. The molecular weight excluding hydrogens is 394 g/mol. The van der Waals surface area contributed by atoms with Crippen molar-refractivity contribution in [1.82, 2.24) is 0 Å². The van der Waals surface area contributed by atoms with Gasteiger partial charge in [0, 0.05) is 29.0 Å². The second-order valence-electron chi connectivity index (χ2n) is 7.27. The number of nitro benzene ring substituents is 1. The van der Waals surface area contributed by atoms with Crippen molar-refractivity contribution < 1.29 is 14.6 Å². The Morgan fingerprint density at radius 3 is 2.68 bits per heavy atom. The first-order chi connectivity index (χ1) is 15.0. The highest BCUT2D eigenvalue weighted by atomic mass is 16.6. The molecule has 8 nitrogen and oxygen atoms in total. The molecule has 1 aliphatic heterocycles. The number of nitrogens with one attached hydrogen (secondary N) is 1. The summed E-state index contributed by atoms with van der Waals surface area (Å²) in [6.45, 7) is 0. The van der Waals surface area contributed by atoms with Crippen molar-refractivity contribution in [3.8, 4) is 17.7 Å². The van der Waals surface area contributed by atoms with Gasteiger partial charge in [-0.2, -0.15) is 5.26 Å². The van der Waals surface area contributed by atoms with Crippen LogP contribution in [0.5, 0.6) is 11.6 Å². The van der Waals surface area contributed by atoms with Crippen molar-refractivity contribution in [3.05, 3.63) is 93.0 Å². The minimum absolute atomic E-state index is 0.0358. The Bertz CT molecular complexity index is 1440. The Labute approximate surface area is 176 Å². The van der Waals surface area contributed by atoms with E-state index in [0.717, 1.165) is 16.3 Å². The number of H-pyrrole nitrogens is 1. The molecule has 0 radical (unpaired) electrons. The predicted molar refractivity (Wildman–Crippen MR) is 115 cm³/mol. The van der Waals surface area contributed by atoms with E-state index in [9.17, 15) is 15.4 Å². The van der Waals surface area contributed by atoms with Crippen LogP contribution in [0.2, 0.25) is 0 Å². The highest BCUT2D eigenvalue weighted by Gasteiger charge is 2.37. The molecule has 5 rings (SSSR count). The topological polar surface area (TPSA) is 142 Å². The van der Waals surface area contributed by atoms with Crippen molar-refractivity contribution in [3.63, 3.8) is 0 Å². The van der Waals surface area contributed by atoms with E-state index in [1.165, 1.54) is 12.1 Å². The summed E-state index contributed by atoms with van der Waals surface area (Å²) in [5.74, 6) is 0.531. The van der Waals surface area contributed by atoms with Crippen molar-refractivity contribution in [1.29, 1.82) is 5.26 Å². The largest absolute Gasteiger partial charge is 0.422 e. The monoisotopic (exact) mass is 410 g/mol. The quantitative estimate of drug-likeness (QED) is 0.334. The molecule has 0 saturated carbocycles. The van der Waals surface area contributed by atoms with E-state index in [2.05, 4.69) is 4.98 Å². The van der Waals surface area contributed by atoms with E-state index in [1.807, 2.05) is 42.5 Å². The Kier molecular flexibility index (Phi) is 3.98. The molecule has 0 fully saturated rings. The fraction of sp³-hybridized carbons (Fsp3) is 0.0435. The number of fused-ring (bicyclic) bond motifs is 4. The van der Waals surface area contributed by atoms with Crippen LogP contribution >= 0.6 is 0 Å². The predicted octanol–water partition coefficient (Wildman–Crippen LogP) is 3.88. The van der Waals surface area contributed by atoms with Crippen molar-refractivity contribution in [2.45, 2.75) is 5.92 Å². The lowest BCUT2D eigenvalue weighted by Crippen LogP contribution is -2.25. The molecule has 1 aliphatic rings. The first kappa shape index (κ1) is 18.4. The minimum atomic E-state index is -0.493. The second kappa shape index (κ2) is 6.71. The van der Waals surface area contributed by atoms with E-state index in [-0.39, 0.29) is 22.8 Å². The third-order valence-corrected chi connectivity index (χ3v) is 5.56. The number of aromatic nitrogens is 1. The standard InChI is InChI=1S/C23H15N5O3/c24-11-17-20(25)19-18(13-5-3-6-14(10-13)28(29)30)16-9-8-12-4-1-2-7-15(12)21(16)31-23(19)27-22(17)26/h1-10,18H,(H4,25,26,27)/p+1/t18-/m1/s1. The number of nitro groups is 1. The third kappa shape index (κ3) is 2.72. The van der Waals surface area contributed by atoms with Crippen LogP contribution in [0.25, 0.3) is 10.8 Å². The highest BCUT2D eigenvalue weighted by molar-refractivity contribution is 5.91. The zero-order valence-corrected chi connectivity index (χ0v) is 16.1. The third-order valence-electron chi connectivity index (χ3n) is 5.56. The van der Waals surface area contributed by atoms with Gasteiger partial charge in [0.15, 0.2) is 5.56 Å². The first-order valence-electron chi connectivity index (χ1n) is 9.47. The van der Waals surface area contributed by atoms with Gasteiger partial charge in [-0.3, -0.25) is 15.8 Å². The van der Waals surface area contributed by atoms with Gasteiger partial charge in [0.2, 0.25) is 0 Å². The van der Waals surface area contributed by atoms with Crippen molar-refractivity contribution in [2.24, 2.45) is 0 Å². The van der Waals surface area contributed by atoms with Gasteiger partial charge < -0.3 is 10.5 Å². The molecule has 8 heteroatoms. The van der Waals surface area contributed by atoms with Gasteiger partial charge in [-0.25, -0.2) is 4.98 Å². The Morgan fingerprint density at radius 1 is 1.10 bits per heavy atom. The average Bonchev–Trinajstić information content (AvgIpc) is 2.78. The molecule has 1 aromatic heterocycles. The first-order valence-corrected chi connectivity index (χ1v) is 9.47. The molecule has 0 amide bonds. The van der Waals surface area contributed by atoms with Gasteiger partial charge in [-0.15, -0.1) is 0 Å². The lowest BCUT2D eigenvalue weighted by atomic mass is 9.81. The summed E-state index contributed by atoms with van der Waals surface area (Å²) < 4.78 is 6.22. The molecule has 0 spiro atoms. The number of nitrogen functional groups attached to an aromatic ring is 2. The summed E-state index contributed by atoms with van der Waals surface area (Å²) in [6, 6.07) is 20.1. The summed E-state index contributed by atoms with van der Waals surface area (Å²) in [5, 5.41) is 22.8. The average molecular weight is 410 g/mol. The van der Waals surface area contributed by atoms with Crippen LogP contribution in [0, 0.1) is 21.4 Å². The Morgan fingerprint density at radius 2 is 1.90 bits per heavy atom. The molecule has 0 aliphatic carbocycles. The summed E-state index contributed by atoms with van der Waals surface area (Å²) in [4.78, 5) is 13.9. The fourth-order valence-corrected chi connectivity index (χ4v) is 4.16. The Hall–Kier alpha value is -4.64. The zero-order valence-electron chi connectivity index (χ0n) is 16.1. The van der Waals surface area contributed by atoms with Crippen LogP contribution in [0.1, 0.15) is 28.2 Å². The van der Waals surface area contributed by atoms with E-state index in [1.54, 1.807) is 12.1 Å². The Balaban J connectivity index is 1.87. The number of pyridine rings is 1. The maximum Gasteiger partial charge on any atom is 0.294 e. The number of non-ortho nitro benzene ring substituents is 1.